The molecule has 0 amide bonds. The predicted molar refractivity (Wildman–Crippen MR) is 138 cm³/mol. The number of benzene rings is 2. The van der Waals surface area contributed by atoms with Gasteiger partial charge in [-0.25, -0.2) is 9.19 Å². The van der Waals surface area contributed by atoms with E-state index in [9.17, 15) is 4.21 Å². The minimum atomic E-state index is -2.82. The molecular formula is C25H26N6O2S. The molecule has 0 fully saturated rings. The molecular weight excluding hydrogens is 448 g/mol. The number of pyridine rings is 1. The van der Waals surface area contributed by atoms with Crippen LogP contribution in [0.25, 0.3) is 11.1 Å². The Balaban J connectivity index is 1.65. The molecule has 1 atom stereocenters. The van der Waals surface area contributed by atoms with Gasteiger partial charge < -0.3 is 15.4 Å². The van der Waals surface area contributed by atoms with Gasteiger partial charge in [0.15, 0.2) is 0 Å². The Morgan fingerprint density at radius 1 is 1.09 bits per heavy atom. The molecule has 4 aromatic rings. The van der Waals surface area contributed by atoms with E-state index in [1.807, 2.05) is 49.4 Å². The number of rotatable bonds is 9. The normalized spacial score (nSPS) is 12.5. The van der Waals surface area contributed by atoms with Crippen LogP contribution in [0.4, 0.5) is 17.5 Å². The lowest BCUT2D eigenvalue weighted by Crippen LogP contribution is -2.12. The van der Waals surface area contributed by atoms with Crippen LogP contribution in [0.3, 0.4) is 0 Å². The van der Waals surface area contributed by atoms with Crippen molar-refractivity contribution in [3.63, 3.8) is 0 Å². The van der Waals surface area contributed by atoms with Gasteiger partial charge in [0, 0.05) is 41.3 Å². The highest BCUT2D eigenvalue weighted by atomic mass is 32.2. The molecule has 0 spiro atoms. The largest absolute Gasteiger partial charge is 0.494 e. The lowest BCUT2D eigenvalue weighted by atomic mass is 10.1. The minimum absolute atomic E-state index is 0.386. The summed E-state index contributed by atoms with van der Waals surface area (Å²) in [5.74, 6) is 5.39. The summed E-state index contributed by atoms with van der Waals surface area (Å²) in [6.07, 6.45) is 5.27. The SMILES string of the molecule is C=S(N)(=O)c1cccc(Nc2ncc(-c3ccc(OCC)cc3)c(NCc3ccncc3)n2)c1. The molecule has 0 saturated carbocycles. The fourth-order valence-corrected chi connectivity index (χ4v) is 3.93. The summed E-state index contributed by atoms with van der Waals surface area (Å²) in [6.45, 7) is 3.12. The molecule has 0 aliphatic heterocycles. The van der Waals surface area contributed by atoms with Gasteiger partial charge in [-0.1, -0.05) is 18.2 Å². The van der Waals surface area contributed by atoms with E-state index >= 15 is 0 Å². The average molecular weight is 475 g/mol. The van der Waals surface area contributed by atoms with Gasteiger partial charge in [0.05, 0.1) is 16.3 Å². The lowest BCUT2D eigenvalue weighted by Gasteiger charge is -2.14. The van der Waals surface area contributed by atoms with E-state index in [1.165, 1.54) is 0 Å². The van der Waals surface area contributed by atoms with Gasteiger partial charge in [0.25, 0.3) is 0 Å². The second-order valence-electron chi connectivity index (χ2n) is 7.50. The Bertz CT molecular complexity index is 1360. The summed E-state index contributed by atoms with van der Waals surface area (Å²) in [5.41, 5.74) is 3.53. The standard InChI is InChI=1S/C25H26N6O2S/c1-3-33-21-9-7-19(8-10-21)23-17-29-25(30-20-5-4-6-22(15-20)34(2,26)32)31-24(23)28-16-18-11-13-27-14-12-18/h4-15,17H,2-3,16H2,1H3,(H2,26,32)(H2,28,29,30,31). The number of nitrogens with one attached hydrogen (secondary N) is 2. The van der Waals surface area contributed by atoms with Crippen LogP contribution in [0.1, 0.15) is 12.5 Å². The fraction of sp³-hybridized carbons (Fsp3) is 0.120. The summed E-state index contributed by atoms with van der Waals surface area (Å²) in [6, 6.07) is 18.6. The van der Waals surface area contributed by atoms with Gasteiger partial charge in [0.2, 0.25) is 5.95 Å². The van der Waals surface area contributed by atoms with Gasteiger partial charge in [-0.15, -0.1) is 0 Å². The van der Waals surface area contributed by atoms with Gasteiger partial charge >= 0.3 is 0 Å². The lowest BCUT2D eigenvalue weighted by molar-refractivity contribution is 0.340. The van der Waals surface area contributed by atoms with Crippen molar-refractivity contribution >= 4 is 33.0 Å². The zero-order valence-corrected chi connectivity index (χ0v) is 19.6. The predicted octanol–water partition coefficient (Wildman–Crippen LogP) is 4.24. The Labute approximate surface area is 199 Å². The van der Waals surface area contributed by atoms with Crippen molar-refractivity contribution < 1.29 is 8.95 Å². The molecule has 2 aromatic carbocycles. The molecule has 174 valence electrons. The van der Waals surface area contributed by atoms with Crippen molar-refractivity contribution in [3.8, 4) is 16.9 Å². The van der Waals surface area contributed by atoms with E-state index in [2.05, 4.69) is 26.5 Å². The number of hydrogen-bond donors (Lipinski definition) is 3. The zero-order chi connectivity index (χ0) is 24.0. The molecule has 0 radical (unpaired) electrons. The van der Waals surface area contributed by atoms with Crippen molar-refractivity contribution in [2.75, 3.05) is 17.2 Å². The quantitative estimate of drug-likeness (QED) is 0.311. The van der Waals surface area contributed by atoms with Crippen molar-refractivity contribution in [1.82, 2.24) is 15.0 Å². The first kappa shape index (κ1) is 23.2. The van der Waals surface area contributed by atoms with Crippen LogP contribution in [0.2, 0.25) is 0 Å². The van der Waals surface area contributed by atoms with Gasteiger partial charge in [-0.05, 0) is 66.4 Å². The molecule has 8 nitrogen and oxygen atoms in total. The average Bonchev–Trinajstić information content (AvgIpc) is 2.84. The van der Waals surface area contributed by atoms with Crippen LogP contribution in [0.15, 0.2) is 84.1 Å². The molecule has 0 bridgehead atoms. The molecule has 0 aliphatic carbocycles. The number of ether oxygens (including phenoxy) is 1. The summed E-state index contributed by atoms with van der Waals surface area (Å²) >= 11 is 0. The Hall–Kier alpha value is -3.95. The topological polar surface area (TPSA) is 115 Å². The molecule has 2 heterocycles. The number of aromatic nitrogens is 3. The number of hydrogen-bond acceptors (Lipinski definition) is 7. The summed E-state index contributed by atoms with van der Waals surface area (Å²) in [7, 11) is -2.82. The van der Waals surface area contributed by atoms with Crippen molar-refractivity contribution in [2.45, 2.75) is 18.4 Å². The molecule has 4 N–H and O–H groups in total. The Kier molecular flexibility index (Phi) is 7.05. The van der Waals surface area contributed by atoms with Crippen LogP contribution in [0, 0.1) is 0 Å². The van der Waals surface area contributed by atoms with E-state index in [-0.39, 0.29) is 0 Å². The highest BCUT2D eigenvalue weighted by Crippen LogP contribution is 2.29. The van der Waals surface area contributed by atoms with Crippen LogP contribution in [-0.2, 0) is 16.3 Å². The highest BCUT2D eigenvalue weighted by Gasteiger charge is 2.11. The van der Waals surface area contributed by atoms with Gasteiger partial charge in [-0.3, -0.25) is 10.1 Å². The van der Waals surface area contributed by atoms with Gasteiger partial charge in [0.1, 0.15) is 11.6 Å². The Morgan fingerprint density at radius 3 is 2.56 bits per heavy atom. The molecule has 9 heteroatoms. The van der Waals surface area contributed by atoms with Crippen molar-refractivity contribution in [1.29, 1.82) is 0 Å². The van der Waals surface area contributed by atoms with Crippen LogP contribution >= 0.6 is 0 Å². The maximum Gasteiger partial charge on any atom is 0.229 e. The summed E-state index contributed by atoms with van der Waals surface area (Å²) in [4.78, 5) is 13.7. The van der Waals surface area contributed by atoms with E-state index < -0.39 is 9.71 Å². The molecule has 2 aromatic heterocycles. The molecule has 0 aliphatic rings. The van der Waals surface area contributed by atoms with Crippen LogP contribution in [0.5, 0.6) is 5.75 Å². The number of nitrogens with two attached hydrogens (primary N) is 1. The number of anilines is 3. The van der Waals surface area contributed by atoms with E-state index in [4.69, 9.17) is 14.9 Å². The first-order chi connectivity index (χ1) is 16.4. The van der Waals surface area contributed by atoms with Crippen LogP contribution in [-0.4, -0.2) is 31.6 Å². The first-order valence-electron chi connectivity index (χ1n) is 10.7. The molecule has 34 heavy (non-hydrogen) atoms. The third-order valence-electron chi connectivity index (χ3n) is 4.96. The molecule has 0 saturated heterocycles. The Morgan fingerprint density at radius 2 is 1.85 bits per heavy atom. The molecule has 1 unspecified atom stereocenters. The minimum Gasteiger partial charge on any atom is -0.494 e. The first-order valence-corrected chi connectivity index (χ1v) is 12.5. The van der Waals surface area contributed by atoms with E-state index in [1.54, 1.807) is 36.8 Å². The monoisotopic (exact) mass is 474 g/mol. The van der Waals surface area contributed by atoms with Crippen molar-refractivity contribution in [2.24, 2.45) is 5.14 Å². The second kappa shape index (κ2) is 10.3. The highest BCUT2D eigenvalue weighted by molar-refractivity contribution is 7.98. The number of nitrogens with zero attached hydrogens (tertiary/aromatic N) is 3. The van der Waals surface area contributed by atoms with Gasteiger partial charge in [-0.2, -0.15) is 4.98 Å². The fourth-order valence-electron chi connectivity index (χ4n) is 3.29. The smallest absolute Gasteiger partial charge is 0.229 e. The third kappa shape index (κ3) is 5.89. The molecule has 4 rings (SSSR count). The van der Waals surface area contributed by atoms with E-state index in [0.717, 1.165) is 22.4 Å². The summed E-state index contributed by atoms with van der Waals surface area (Å²) < 4.78 is 17.7. The van der Waals surface area contributed by atoms with Crippen molar-refractivity contribution in [3.05, 3.63) is 84.8 Å². The van der Waals surface area contributed by atoms with E-state index in [0.29, 0.717) is 35.5 Å². The second-order valence-corrected chi connectivity index (χ2v) is 9.43. The zero-order valence-electron chi connectivity index (χ0n) is 18.8. The maximum atomic E-state index is 12.1. The summed E-state index contributed by atoms with van der Waals surface area (Å²) in [5, 5.41) is 12.2. The maximum absolute atomic E-state index is 12.1. The van der Waals surface area contributed by atoms with Crippen LogP contribution < -0.4 is 20.5 Å². The third-order valence-corrected chi connectivity index (χ3v) is 6.02.